The zero-order valence-corrected chi connectivity index (χ0v) is 14.6. The normalized spacial score (nSPS) is 31.7. The van der Waals surface area contributed by atoms with Crippen LogP contribution >= 0.6 is 0 Å². The molecule has 4 saturated heterocycles. The van der Waals surface area contributed by atoms with Crippen LogP contribution in [0.4, 0.5) is 19.0 Å². The first-order valence-corrected chi connectivity index (χ1v) is 9.12. The molecule has 5 nitrogen and oxygen atoms in total. The Morgan fingerprint density at radius 3 is 2.70 bits per heavy atom. The summed E-state index contributed by atoms with van der Waals surface area (Å²) in [5, 5.41) is 1.12. The van der Waals surface area contributed by atoms with Gasteiger partial charge in [-0.3, -0.25) is 10.3 Å². The summed E-state index contributed by atoms with van der Waals surface area (Å²) in [6.45, 7) is 3.18. The summed E-state index contributed by atoms with van der Waals surface area (Å²) in [4.78, 5) is 17.1. The minimum Gasteiger partial charge on any atom is -0.300 e. The quantitative estimate of drug-likeness (QED) is 0.825. The maximum absolute atomic E-state index is 12.8. The first kappa shape index (κ1) is 16.9. The van der Waals surface area contributed by atoms with Gasteiger partial charge in [0.15, 0.2) is 5.82 Å². The number of benzene rings is 1. The van der Waals surface area contributed by atoms with Crippen molar-refractivity contribution in [1.82, 2.24) is 15.4 Å². The van der Waals surface area contributed by atoms with Crippen molar-refractivity contribution in [2.24, 2.45) is 10.9 Å². The number of hydroxylamine groups is 1. The van der Waals surface area contributed by atoms with Crippen molar-refractivity contribution in [2.45, 2.75) is 31.0 Å². The summed E-state index contributed by atoms with van der Waals surface area (Å²) in [6.07, 6.45) is 0.0715. The van der Waals surface area contributed by atoms with Crippen molar-refractivity contribution in [3.8, 4) is 0 Å². The monoisotopic (exact) mass is 376 g/mol. The highest BCUT2D eigenvalue weighted by Gasteiger charge is 2.52. The van der Waals surface area contributed by atoms with E-state index < -0.39 is 11.7 Å². The van der Waals surface area contributed by atoms with Crippen LogP contribution in [0.1, 0.15) is 24.8 Å². The maximum Gasteiger partial charge on any atom is 0.416 e. The number of fused-ring (bicyclic) bond motifs is 3. The van der Waals surface area contributed by atoms with Gasteiger partial charge in [0.2, 0.25) is 0 Å². The molecule has 1 unspecified atom stereocenters. The van der Waals surface area contributed by atoms with Crippen LogP contribution < -0.4 is 5.48 Å². The summed E-state index contributed by atoms with van der Waals surface area (Å²) < 4.78 is 38.5. The fraction of sp³-hybridized carbons (Fsp3) is 0.474. The van der Waals surface area contributed by atoms with E-state index in [1.807, 2.05) is 0 Å². The molecule has 6 rings (SSSR count). The molecule has 8 heteroatoms. The topological polar surface area (TPSA) is 49.8 Å². The van der Waals surface area contributed by atoms with Gasteiger partial charge in [-0.1, -0.05) is 6.07 Å². The van der Waals surface area contributed by atoms with Gasteiger partial charge in [0.25, 0.3) is 0 Å². The molecule has 2 aromatic rings. The Kier molecular flexibility index (Phi) is 3.70. The summed E-state index contributed by atoms with van der Waals surface area (Å²) in [7, 11) is 0. The Bertz CT molecular complexity index is 921. The number of rotatable bonds is 1. The third-order valence-corrected chi connectivity index (χ3v) is 5.95. The van der Waals surface area contributed by atoms with Gasteiger partial charge >= 0.3 is 6.18 Å². The number of aliphatic imine (C=N–C) groups is 1. The van der Waals surface area contributed by atoms with Gasteiger partial charge < -0.3 is 4.90 Å². The van der Waals surface area contributed by atoms with E-state index in [1.165, 1.54) is 12.3 Å². The Morgan fingerprint density at radius 1 is 1.19 bits per heavy atom. The lowest BCUT2D eigenvalue weighted by Gasteiger charge is -2.49. The summed E-state index contributed by atoms with van der Waals surface area (Å²) in [6, 6.07) is 5.35. The number of nitrogens with zero attached hydrogens (tertiary/aromatic N) is 3. The second kappa shape index (κ2) is 5.90. The molecule has 5 heterocycles. The minimum absolute atomic E-state index is 0.214. The number of halogens is 3. The van der Waals surface area contributed by atoms with Crippen LogP contribution in [0, 0.1) is 5.92 Å². The van der Waals surface area contributed by atoms with Gasteiger partial charge in [-0.25, -0.2) is 9.98 Å². The number of amidine groups is 1. The van der Waals surface area contributed by atoms with Crippen LogP contribution in [0.25, 0.3) is 10.8 Å². The van der Waals surface area contributed by atoms with Gasteiger partial charge in [-0.15, -0.1) is 0 Å². The lowest BCUT2D eigenvalue weighted by Crippen LogP contribution is -2.59. The van der Waals surface area contributed by atoms with Crippen LogP contribution in [-0.4, -0.2) is 41.0 Å². The van der Waals surface area contributed by atoms with E-state index in [9.17, 15) is 13.2 Å². The first-order chi connectivity index (χ1) is 12.9. The summed E-state index contributed by atoms with van der Waals surface area (Å²) in [5.74, 6) is 1.72. The Labute approximate surface area is 154 Å². The molecule has 0 saturated carbocycles. The predicted octanol–water partition coefficient (Wildman–Crippen LogP) is 3.67. The smallest absolute Gasteiger partial charge is 0.300 e. The fourth-order valence-corrected chi connectivity index (χ4v) is 4.52. The molecule has 0 amide bonds. The molecule has 142 valence electrons. The van der Waals surface area contributed by atoms with Gasteiger partial charge in [0.1, 0.15) is 11.4 Å². The molecule has 0 aliphatic carbocycles. The highest BCUT2D eigenvalue weighted by atomic mass is 19.4. The van der Waals surface area contributed by atoms with Crippen LogP contribution in [0.2, 0.25) is 0 Å². The first-order valence-electron chi connectivity index (χ1n) is 9.12. The van der Waals surface area contributed by atoms with E-state index >= 15 is 0 Å². The number of hydrogen-bond donors (Lipinski definition) is 1. The van der Waals surface area contributed by atoms with E-state index in [4.69, 9.17) is 4.84 Å². The van der Waals surface area contributed by atoms with Gasteiger partial charge in [-0.05, 0) is 55.4 Å². The Balaban J connectivity index is 1.40. The third kappa shape index (κ3) is 2.96. The SMILES string of the molecule is FC(F)(F)c1ccc2cc(N=C3CC4(CN5CCC4CC5)ON3)ncc2c1. The molecule has 4 fully saturated rings. The number of hydrogen-bond acceptors (Lipinski definition) is 4. The molecule has 1 spiro atoms. The second-order valence-electron chi connectivity index (χ2n) is 7.66. The van der Waals surface area contributed by atoms with Crippen LogP contribution in [0.5, 0.6) is 0 Å². The van der Waals surface area contributed by atoms with Crippen LogP contribution in [0.15, 0.2) is 35.5 Å². The fourth-order valence-electron chi connectivity index (χ4n) is 4.52. The van der Waals surface area contributed by atoms with E-state index in [-0.39, 0.29) is 5.60 Å². The zero-order chi connectivity index (χ0) is 18.6. The number of aromatic nitrogens is 1. The van der Waals surface area contributed by atoms with Crippen molar-refractivity contribution < 1.29 is 18.0 Å². The maximum atomic E-state index is 12.8. The molecule has 0 radical (unpaired) electrons. The van der Waals surface area contributed by atoms with Gasteiger partial charge in [-0.2, -0.15) is 13.2 Å². The molecule has 1 N–H and O–H groups in total. The largest absolute Gasteiger partial charge is 0.416 e. The molecule has 1 aromatic carbocycles. The van der Waals surface area contributed by atoms with E-state index in [1.54, 1.807) is 6.07 Å². The molecule has 4 aliphatic rings. The summed E-state index contributed by atoms with van der Waals surface area (Å²) in [5.41, 5.74) is 2.07. The lowest BCUT2D eigenvalue weighted by molar-refractivity contribution is -0.150. The molecular formula is C19H19F3N4O. The van der Waals surface area contributed by atoms with E-state index in [0.29, 0.717) is 28.9 Å². The predicted molar refractivity (Wildman–Crippen MR) is 94.6 cm³/mol. The van der Waals surface area contributed by atoms with Gasteiger partial charge in [0, 0.05) is 24.5 Å². The molecule has 1 atom stereocenters. The molecule has 2 bridgehead atoms. The number of alkyl halides is 3. The zero-order valence-electron chi connectivity index (χ0n) is 14.6. The number of nitrogens with one attached hydrogen (secondary N) is 1. The van der Waals surface area contributed by atoms with Gasteiger partial charge in [0.05, 0.1) is 5.56 Å². The van der Waals surface area contributed by atoms with Crippen molar-refractivity contribution in [1.29, 1.82) is 0 Å². The molecule has 27 heavy (non-hydrogen) atoms. The van der Waals surface area contributed by atoms with Crippen molar-refractivity contribution in [3.63, 3.8) is 0 Å². The van der Waals surface area contributed by atoms with Crippen molar-refractivity contribution >= 4 is 22.4 Å². The van der Waals surface area contributed by atoms with E-state index in [2.05, 4.69) is 20.4 Å². The number of pyridine rings is 1. The highest BCUT2D eigenvalue weighted by molar-refractivity contribution is 5.88. The Hall–Kier alpha value is -2.19. The van der Waals surface area contributed by atoms with Crippen LogP contribution in [-0.2, 0) is 11.0 Å². The highest BCUT2D eigenvalue weighted by Crippen LogP contribution is 2.42. The summed E-state index contributed by atoms with van der Waals surface area (Å²) >= 11 is 0. The molecular weight excluding hydrogens is 357 g/mol. The Morgan fingerprint density at radius 2 is 2.00 bits per heavy atom. The number of piperidine rings is 3. The minimum atomic E-state index is -4.36. The van der Waals surface area contributed by atoms with Crippen molar-refractivity contribution in [3.05, 3.63) is 36.0 Å². The third-order valence-electron chi connectivity index (χ3n) is 5.95. The average molecular weight is 376 g/mol. The lowest BCUT2D eigenvalue weighted by atomic mass is 9.74. The molecule has 4 aliphatic heterocycles. The van der Waals surface area contributed by atoms with Crippen molar-refractivity contribution in [2.75, 3.05) is 19.6 Å². The average Bonchev–Trinajstić information content (AvgIpc) is 3.03. The molecule has 1 aromatic heterocycles. The van der Waals surface area contributed by atoms with Crippen LogP contribution in [0.3, 0.4) is 0 Å². The standard InChI is InChI=1S/C19H19F3N4O/c20-19(21,22)15-2-1-12-8-16(23-10-13(12)7-15)24-17-9-18(27-25-17)11-26-5-3-14(18)4-6-26/h1-2,7-8,10,14H,3-6,9,11H2,(H,23,24,25). The second-order valence-corrected chi connectivity index (χ2v) is 7.66. The van der Waals surface area contributed by atoms with E-state index in [0.717, 1.165) is 50.4 Å².